The zero-order chi connectivity index (χ0) is 15.2. The Morgan fingerprint density at radius 2 is 1.90 bits per heavy atom. The molecule has 6 nitrogen and oxygen atoms in total. The number of nitrogens with two attached hydrogens (primary N) is 1. The molecule has 0 spiro atoms. The van der Waals surface area contributed by atoms with Crippen molar-refractivity contribution in [1.82, 2.24) is 9.03 Å². The van der Waals surface area contributed by atoms with Gasteiger partial charge in [-0.3, -0.25) is 0 Å². The van der Waals surface area contributed by atoms with Gasteiger partial charge in [-0.25, -0.2) is 0 Å². The number of hydrogen-bond acceptors (Lipinski definition) is 4. The Morgan fingerprint density at radius 3 is 2.57 bits per heavy atom. The minimum atomic E-state index is -3.47. The van der Waals surface area contributed by atoms with Gasteiger partial charge in [-0.2, -0.15) is 17.4 Å². The van der Waals surface area contributed by atoms with Crippen LogP contribution in [0.3, 0.4) is 0 Å². The Labute approximate surface area is 127 Å². The minimum absolute atomic E-state index is 0.0387. The van der Waals surface area contributed by atoms with Crippen LogP contribution in [0.4, 0.5) is 0 Å². The number of nitrogens with one attached hydrogen (secondary N) is 1. The maximum absolute atomic E-state index is 12.6. The minimum Gasteiger partial charge on any atom is -0.376 e. The Bertz CT molecular complexity index is 474. The Morgan fingerprint density at radius 1 is 1.24 bits per heavy atom. The quantitative estimate of drug-likeness (QED) is 0.784. The predicted molar refractivity (Wildman–Crippen MR) is 80.8 cm³/mol. The van der Waals surface area contributed by atoms with Gasteiger partial charge in [-0.15, -0.1) is 0 Å². The molecule has 3 rings (SSSR count). The van der Waals surface area contributed by atoms with Crippen molar-refractivity contribution in [2.75, 3.05) is 19.7 Å². The molecule has 6 atom stereocenters. The predicted octanol–water partition coefficient (Wildman–Crippen LogP) is 0.303. The SMILES string of the molecule is CC1CC(C)CN(S(=O)(=O)NC2C(N)C3CCCOC32)C1. The number of nitrogens with zero attached hydrogens (tertiary/aromatic N) is 1. The first kappa shape index (κ1) is 15.7. The van der Waals surface area contributed by atoms with Gasteiger partial charge in [-0.1, -0.05) is 13.8 Å². The molecule has 2 heterocycles. The zero-order valence-electron chi connectivity index (χ0n) is 12.9. The highest BCUT2D eigenvalue weighted by molar-refractivity contribution is 7.87. The molecule has 0 aromatic carbocycles. The van der Waals surface area contributed by atoms with Crippen molar-refractivity contribution in [1.29, 1.82) is 0 Å². The second kappa shape index (κ2) is 5.77. The van der Waals surface area contributed by atoms with Crippen LogP contribution in [0, 0.1) is 17.8 Å². The fourth-order valence-electron chi connectivity index (χ4n) is 4.14. The van der Waals surface area contributed by atoms with Crippen molar-refractivity contribution in [2.45, 2.75) is 51.3 Å². The maximum Gasteiger partial charge on any atom is 0.279 e. The second-order valence-corrected chi connectivity index (χ2v) is 8.83. The van der Waals surface area contributed by atoms with Crippen LogP contribution in [0.5, 0.6) is 0 Å². The summed E-state index contributed by atoms with van der Waals surface area (Å²) in [5.41, 5.74) is 6.14. The van der Waals surface area contributed by atoms with Crippen LogP contribution in [0.1, 0.15) is 33.1 Å². The molecular formula is C14H27N3O3S. The third kappa shape index (κ3) is 2.99. The fraction of sp³-hybridized carbons (Fsp3) is 1.00. The lowest BCUT2D eigenvalue weighted by Crippen LogP contribution is -2.73. The van der Waals surface area contributed by atoms with Gasteiger partial charge >= 0.3 is 0 Å². The van der Waals surface area contributed by atoms with E-state index in [1.165, 1.54) is 0 Å². The molecule has 7 heteroatoms. The zero-order valence-corrected chi connectivity index (χ0v) is 13.7. The third-order valence-corrected chi connectivity index (χ3v) is 6.69. The average molecular weight is 317 g/mol. The van der Waals surface area contributed by atoms with Gasteiger partial charge in [0.05, 0.1) is 12.1 Å². The number of ether oxygens (including phenoxy) is 1. The Hall–Kier alpha value is -0.210. The molecule has 0 amide bonds. The number of hydrogen-bond donors (Lipinski definition) is 2. The van der Waals surface area contributed by atoms with Crippen LogP contribution in [0.25, 0.3) is 0 Å². The van der Waals surface area contributed by atoms with Crippen LogP contribution in [0.15, 0.2) is 0 Å². The van der Waals surface area contributed by atoms with E-state index >= 15 is 0 Å². The molecule has 0 aromatic rings. The normalized spacial score (nSPS) is 44.9. The van der Waals surface area contributed by atoms with E-state index in [0.29, 0.717) is 37.5 Å². The molecule has 3 aliphatic rings. The summed E-state index contributed by atoms with van der Waals surface area (Å²) >= 11 is 0. The Kier molecular flexibility index (Phi) is 4.31. The van der Waals surface area contributed by atoms with Crippen molar-refractivity contribution in [2.24, 2.45) is 23.5 Å². The second-order valence-electron chi connectivity index (χ2n) is 7.13. The first-order valence-electron chi connectivity index (χ1n) is 8.03. The molecule has 1 aliphatic carbocycles. The van der Waals surface area contributed by atoms with Crippen LogP contribution in [0.2, 0.25) is 0 Å². The molecule has 6 unspecified atom stereocenters. The average Bonchev–Trinajstić information content (AvgIpc) is 2.43. The van der Waals surface area contributed by atoms with Gasteiger partial charge in [0.25, 0.3) is 10.2 Å². The van der Waals surface area contributed by atoms with Crippen LogP contribution in [-0.2, 0) is 14.9 Å². The summed E-state index contributed by atoms with van der Waals surface area (Å²) in [4.78, 5) is 0. The van der Waals surface area contributed by atoms with Crippen LogP contribution in [-0.4, -0.2) is 50.6 Å². The first-order valence-corrected chi connectivity index (χ1v) is 9.47. The van der Waals surface area contributed by atoms with Crippen molar-refractivity contribution in [3.8, 4) is 0 Å². The van der Waals surface area contributed by atoms with Gasteiger partial charge in [0.2, 0.25) is 0 Å². The van der Waals surface area contributed by atoms with Crippen molar-refractivity contribution in [3.63, 3.8) is 0 Å². The molecule has 1 saturated carbocycles. The van der Waals surface area contributed by atoms with Crippen molar-refractivity contribution in [3.05, 3.63) is 0 Å². The first-order chi connectivity index (χ1) is 9.88. The fourth-order valence-corrected chi connectivity index (χ4v) is 5.83. The molecule has 122 valence electrons. The smallest absolute Gasteiger partial charge is 0.279 e. The summed E-state index contributed by atoms with van der Waals surface area (Å²) in [5.74, 6) is 1.11. The topological polar surface area (TPSA) is 84.7 Å². The van der Waals surface area contributed by atoms with E-state index in [4.69, 9.17) is 10.5 Å². The summed E-state index contributed by atoms with van der Waals surface area (Å²) in [7, 11) is -3.47. The van der Waals surface area contributed by atoms with Crippen molar-refractivity contribution >= 4 is 10.2 Å². The van der Waals surface area contributed by atoms with Crippen molar-refractivity contribution < 1.29 is 13.2 Å². The molecule has 0 radical (unpaired) electrons. The standard InChI is InChI=1S/C14H27N3O3S/c1-9-6-10(2)8-17(7-9)21(18,19)16-13-12(15)11-4-3-5-20-14(11)13/h9-14,16H,3-8,15H2,1-2H3. The number of fused-ring (bicyclic) bond motifs is 1. The summed E-state index contributed by atoms with van der Waals surface area (Å²) in [5, 5.41) is 0. The molecule has 3 fully saturated rings. The summed E-state index contributed by atoms with van der Waals surface area (Å²) in [6, 6.07) is -0.391. The molecule has 3 N–H and O–H groups in total. The van der Waals surface area contributed by atoms with Gasteiger partial charge < -0.3 is 10.5 Å². The maximum atomic E-state index is 12.6. The van der Waals surface area contributed by atoms with Crippen LogP contribution >= 0.6 is 0 Å². The summed E-state index contributed by atoms with van der Waals surface area (Å²) < 4.78 is 35.3. The van der Waals surface area contributed by atoms with E-state index < -0.39 is 10.2 Å². The van der Waals surface area contributed by atoms with E-state index in [2.05, 4.69) is 18.6 Å². The van der Waals surface area contributed by atoms with Crippen LogP contribution < -0.4 is 10.5 Å². The molecular weight excluding hydrogens is 290 g/mol. The lowest BCUT2D eigenvalue weighted by Gasteiger charge is -2.52. The van der Waals surface area contributed by atoms with E-state index in [9.17, 15) is 8.42 Å². The summed E-state index contributed by atoms with van der Waals surface area (Å²) in [6.07, 6.45) is 3.11. The van der Waals surface area contributed by atoms with Gasteiger partial charge in [0, 0.05) is 31.7 Å². The highest BCUT2D eigenvalue weighted by Gasteiger charge is 2.52. The number of piperidine rings is 1. The molecule has 0 aromatic heterocycles. The van der Waals surface area contributed by atoms with Gasteiger partial charge in [-0.05, 0) is 31.1 Å². The molecule has 21 heavy (non-hydrogen) atoms. The number of rotatable bonds is 3. The highest BCUT2D eigenvalue weighted by Crippen LogP contribution is 2.37. The monoisotopic (exact) mass is 317 g/mol. The molecule has 2 saturated heterocycles. The Balaban J connectivity index is 1.66. The summed E-state index contributed by atoms with van der Waals surface area (Å²) in [6.45, 7) is 6.11. The van der Waals surface area contributed by atoms with E-state index in [0.717, 1.165) is 19.3 Å². The van der Waals surface area contributed by atoms with Gasteiger partial charge in [0.15, 0.2) is 0 Å². The lowest BCUT2D eigenvalue weighted by molar-refractivity contribution is -0.114. The third-order valence-electron chi connectivity index (χ3n) is 5.14. The highest BCUT2D eigenvalue weighted by atomic mass is 32.2. The molecule has 0 bridgehead atoms. The van der Waals surface area contributed by atoms with E-state index in [-0.39, 0.29) is 18.2 Å². The van der Waals surface area contributed by atoms with E-state index in [1.54, 1.807) is 4.31 Å². The van der Waals surface area contributed by atoms with Gasteiger partial charge in [0.1, 0.15) is 0 Å². The molecule has 2 aliphatic heterocycles. The van der Waals surface area contributed by atoms with E-state index in [1.807, 2.05) is 0 Å². The largest absolute Gasteiger partial charge is 0.376 e. The lowest BCUT2D eigenvalue weighted by atomic mass is 9.69.